The molecule has 3 nitrogen and oxygen atoms in total. The van der Waals surface area contributed by atoms with E-state index >= 15 is 0 Å². The van der Waals surface area contributed by atoms with Crippen molar-refractivity contribution in [2.75, 3.05) is 17.6 Å². The molecule has 0 fully saturated rings. The molecule has 114 valence electrons. The molecule has 0 saturated heterocycles. The summed E-state index contributed by atoms with van der Waals surface area (Å²) in [5.74, 6) is -1.76. The average Bonchev–Trinajstić information content (AvgIpc) is 2.42. The fourth-order valence-electron chi connectivity index (χ4n) is 2.07. The molecule has 0 aliphatic heterocycles. The molecule has 1 heterocycles. The van der Waals surface area contributed by atoms with Crippen LogP contribution in [0, 0.1) is 11.6 Å². The predicted molar refractivity (Wildman–Crippen MR) is 79.7 cm³/mol. The summed E-state index contributed by atoms with van der Waals surface area (Å²) in [4.78, 5) is 3.66. The highest BCUT2D eigenvalue weighted by molar-refractivity contribution is 5.44. The number of rotatable bonds is 10. The molecule has 0 atom stereocenters. The van der Waals surface area contributed by atoms with Gasteiger partial charge in [0.25, 0.3) is 0 Å². The van der Waals surface area contributed by atoms with E-state index in [-0.39, 0.29) is 11.6 Å². The van der Waals surface area contributed by atoms with Crippen LogP contribution in [-0.2, 0) is 0 Å². The zero-order valence-corrected chi connectivity index (χ0v) is 12.2. The summed E-state index contributed by atoms with van der Waals surface area (Å²) < 4.78 is 26.3. The molecular weight excluding hydrogens is 260 g/mol. The first-order valence-electron chi connectivity index (χ1n) is 7.50. The van der Waals surface area contributed by atoms with Crippen LogP contribution in [0.4, 0.5) is 20.4 Å². The lowest BCUT2D eigenvalue weighted by atomic mass is 10.1. The number of nitrogen functional groups attached to an aromatic ring is 1. The van der Waals surface area contributed by atoms with Gasteiger partial charge in [0, 0.05) is 12.6 Å². The monoisotopic (exact) mass is 285 g/mol. The molecule has 0 aliphatic carbocycles. The third-order valence-corrected chi connectivity index (χ3v) is 3.28. The molecule has 1 rings (SSSR count). The topological polar surface area (TPSA) is 50.9 Å². The van der Waals surface area contributed by atoms with Gasteiger partial charge in [-0.1, -0.05) is 51.9 Å². The molecule has 0 amide bonds. The van der Waals surface area contributed by atoms with Crippen LogP contribution in [0.1, 0.15) is 58.3 Å². The minimum atomic E-state index is -0.819. The molecule has 3 N–H and O–H groups in total. The third-order valence-electron chi connectivity index (χ3n) is 3.28. The summed E-state index contributed by atoms with van der Waals surface area (Å²) in [6, 6.07) is 0.762. The molecule has 0 aliphatic rings. The standard InChI is InChI=1S/C15H25F2N3/c1-2-3-4-5-6-7-8-9-10-19-15-13(17)11-12(16)14(18)20-15/h11H,2-10H2,1H3,(H3,18,19,20). The Morgan fingerprint density at radius 2 is 1.60 bits per heavy atom. The Balaban J connectivity index is 2.11. The molecular formula is C15H25F2N3. The Kier molecular flexibility index (Phi) is 7.92. The molecule has 20 heavy (non-hydrogen) atoms. The molecule has 0 unspecified atom stereocenters. The van der Waals surface area contributed by atoms with Gasteiger partial charge in [0.15, 0.2) is 23.3 Å². The number of pyridine rings is 1. The molecule has 1 aromatic rings. The normalized spacial score (nSPS) is 10.8. The number of anilines is 2. The van der Waals surface area contributed by atoms with E-state index in [0.29, 0.717) is 6.54 Å². The van der Waals surface area contributed by atoms with Crippen molar-refractivity contribution in [3.05, 3.63) is 17.7 Å². The first kappa shape index (κ1) is 16.7. The van der Waals surface area contributed by atoms with Gasteiger partial charge in [-0.15, -0.1) is 0 Å². The maximum atomic E-state index is 13.4. The minimum Gasteiger partial charge on any atom is -0.381 e. The van der Waals surface area contributed by atoms with Gasteiger partial charge in [0.2, 0.25) is 0 Å². The number of unbranched alkanes of at least 4 members (excludes halogenated alkanes) is 7. The van der Waals surface area contributed by atoms with Crippen molar-refractivity contribution < 1.29 is 8.78 Å². The highest BCUT2D eigenvalue weighted by Gasteiger charge is 2.08. The molecule has 0 saturated carbocycles. The highest BCUT2D eigenvalue weighted by atomic mass is 19.1. The second-order valence-corrected chi connectivity index (χ2v) is 5.09. The molecule has 0 aromatic carbocycles. The molecule has 5 heteroatoms. The van der Waals surface area contributed by atoms with Gasteiger partial charge < -0.3 is 11.1 Å². The van der Waals surface area contributed by atoms with Gasteiger partial charge in [-0.3, -0.25) is 0 Å². The van der Waals surface area contributed by atoms with E-state index in [1.165, 1.54) is 38.5 Å². The highest BCUT2D eigenvalue weighted by Crippen LogP contribution is 2.16. The summed E-state index contributed by atoms with van der Waals surface area (Å²) in [7, 11) is 0. The van der Waals surface area contributed by atoms with Crippen LogP contribution in [0.2, 0.25) is 0 Å². The van der Waals surface area contributed by atoms with Crippen LogP contribution in [0.5, 0.6) is 0 Å². The van der Waals surface area contributed by atoms with Crippen molar-refractivity contribution >= 4 is 11.6 Å². The van der Waals surface area contributed by atoms with Gasteiger partial charge in [0.1, 0.15) is 0 Å². The van der Waals surface area contributed by atoms with Crippen LogP contribution >= 0.6 is 0 Å². The average molecular weight is 285 g/mol. The van der Waals surface area contributed by atoms with Crippen molar-refractivity contribution in [3.8, 4) is 0 Å². The molecule has 1 aromatic heterocycles. The van der Waals surface area contributed by atoms with Crippen molar-refractivity contribution in [3.63, 3.8) is 0 Å². The van der Waals surface area contributed by atoms with Crippen LogP contribution in [0.25, 0.3) is 0 Å². The van der Waals surface area contributed by atoms with Crippen LogP contribution in [-0.4, -0.2) is 11.5 Å². The fourth-order valence-corrected chi connectivity index (χ4v) is 2.07. The maximum Gasteiger partial charge on any atom is 0.168 e. The Morgan fingerprint density at radius 1 is 1.00 bits per heavy atom. The number of halogens is 2. The third kappa shape index (κ3) is 6.17. The maximum absolute atomic E-state index is 13.4. The lowest BCUT2D eigenvalue weighted by Crippen LogP contribution is -2.08. The Labute approximate surface area is 120 Å². The summed E-state index contributed by atoms with van der Waals surface area (Å²) in [6.45, 7) is 2.84. The summed E-state index contributed by atoms with van der Waals surface area (Å²) in [5, 5.41) is 2.86. The smallest absolute Gasteiger partial charge is 0.168 e. The van der Waals surface area contributed by atoms with Crippen LogP contribution < -0.4 is 11.1 Å². The first-order chi connectivity index (χ1) is 9.65. The van der Waals surface area contributed by atoms with E-state index in [1.807, 2.05) is 0 Å². The predicted octanol–water partition coefficient (Wildman–Crippen LogP) is 4.49. The fraction of sp³-hybridized carbons (Fsp3) is 0.667. The Morgan fingerprint density at radius 3 is 2.25 bits per heavy atom. The summed E-state index contributed by atoms with van der Waals surface area (Å²) in [6.07, 6.45) is 9.72. The van der Waals surface area contributed by atoms with E-state index in [4.69, 9.17) is 5.73 Å². The van der Waals surface area contributed by atoms with E-state index in [2.05, 4.69) is 17.2 Å². The number of hydrogen-bond acceptors (Lipinski definition) is 3. The van der Waals surface area contributed by atoms with Crippen LogP contribution in [0.15, 0.2) is 6.07 Å². The second kappa shape index (κ2) is 9.50. The quantitative estimate of drug-likeness (QED) is 0.622. The molecule has 0 bridgehead atoms. The number of nitrogens with one attached hydrogen (secondary N) is 1. The Hall–Kier alpha value is -1.39. The minimum absolute atomic E-state index is 0.0341. The van der Waals surface area contributed by atoms with Gasteiger partial charge >= 0.3 is 0 Å². The summed E-state index contributed by atoms with van der Waals surface area (Å²) in [5.41, 5.74) is 5.31. The van der Waals surface area contributed by atoms with Crippen molar-refractivity contribution in [1.82, 2.24) is 4.98 Å². The Bertz CT molecular complexity index is 397. The lowest BCUT2D eigenvalue weighted by molar-refractivity contribution is 0.573. The molecule has 0 spiro atoms. The largest absolute Gasteiger partial charge is 0.381 e. The van der Waals surface area contributed by atoms with Crippen molar-refractivity contribution in [1.29, 1.82) is 0 Å². The van der Waals surface area contributed by atoms with E-state index in [9.17, 15) is 8.78 Å². The lowest BCUT2D eigenvalue weighted by Gasteiger charge is -2.07. The number of aromatic nitrogens is 1. The van der Waals surface area contributed by atoms with Crippen molar-refractivity contribution in [2.45, 2.75) is 58.3 Å². The zero-order valence-electron chi connectivity index (χ0n) is 12.2. The van der Waals surface area contributed by atoms with Crippen molar-refractivity contribution in [2.24, 2.45) is 0 Å². The van der Waals surface area contributed by atoms with Gasteiger partial charge in [0.05, 0.1) is 0 Å². The van der Waals surface area contributed by atoms with Crippen LogP contribution in [0.3, 0.4) is 0 Å². The number of hydrogen-bond donors (Lipinski definition) is 2. The second-order valence-electron chi connectivity index (χ2n) is 5.09. The number of nitrogens with two attached hydrogens (primary N) is 1. The van der Waals surface area contributed by atoms with Gasteiger partial charge in [-0.05, 0) is 6.42 Å². The van der Waals surface area contributed by atoms with E-state index in [1.54, 1.807) is 0 Å². The van der Waals surface area contributed by atoms with E-state index in [0.717, 1.165) is 18.9 Å². The summed E-state index contributed by atoms with van der Waals surface area (Å²) >= 11 is 0. The SMILES string of the molecule is CCCCCCCCCCNc1nc(N)c(F)cc1F. The van der Waals surface area contributed by atoms with E-state index < -0.39 is 11.6 Å². The zero-order chi connectivity index (χ0) is 14.8. The first-order valence-corrected chi connectivity index (χ1v) is 7.50. The molecule has 0 radical (unpaired) electrons. The van der Waals surface area contributed by atoms with Gasteiger partial charge in [-0.2, -0.15) is 0 Å². The van der Waals surface area contributed by atoms with Gasteiger partial charge in [-0.25, -0.2) is 13.8 Å². The number of nitrogens with zero attached hydrogens (tertiary/aromatic N) is 1.